The SMILES string of the molecule is O=C(OCCl)OC1=CC2c3ccccc3C=CN2C=C1. The number of hydrogen-bond donors (Lipinski definition) is 0. The number of nitrogens with zero attached hydrogens (tertiary/aromatic N) is 1. The topological polar surface area (TPSA) is 38.8 Å². The molecule has 1 aromatic rings. The van der Waals surface area contributed by atoms with E-state index in [1.54, 1.807) is 6.08 Å². The second-order valence-electron chi connectivity index (χ2n) is 4.33. The summed E-state index contributed by atoms with van der Waals surface area (Å²) in [6.07, 6.45) is 8.69. The minimum absolute atomic E-state index is 0.0139. The molecule has 1 unspecified atom stereocenters. The van der Waals surface area contributed by atoms with Crippen LogP contribution in [0.1, 0.15) is 17.2 Å². The summed E-state index contributed by atoms with van der Waals surface area (Å²) in [5.41, 5.74) is 2.31. The summed E-state index contributed by atoms with van der Waals surface area (Å²) in [7, 11) is 0. The predicted molar refractivity (Wildman–Crippen MR) is 75.6 cm³/mol. The van der Waals surface area contributed by atoms with Crippen molar-refractivity contribution in [2.24, 2.45) is 0 Å². The molecule has 0 saturated heterocycles. The first-order valence-corrected chi connectivity index (χ1v) is 6.66. The summed E-state index contributed by atoms with van der Waals surface area (Å²) < 4.78 is 9.63. The molecule has 0 spiro atoms. The Morgan fingerprint density at radius 3 is 2.90 bits per heavy atom. The van der Waals surface area contributed by atoms with Gasteiger partial charge in [-0.1, -0.05) is 35.9 Å². The lowest BCUT2D eigenvalue weighted by molar-refractivity contribution is 0.0930. The maximum Gasteiger partial charge on any atom is 0.515 e. The van der Waals surface area contributed by atoms with Crippen molar-refractivity contribution in [2.75, 3.05) is 6.07 Å². The third-order valence-corrected chi connectivity index (χ3v) is 3.28. The van der Waals surface area contributed by atoms with Crippen molar-refractivity contribution >= 4 is 23.8 Å². The van der Waals surface area contributed by atoms with E-state index >= 15 is 0 Å². The molecule has 0 aromatic heterocycles. The molecule has 1 atom stereocenters. The van der Waals surface area contributed by atoms with Crippen LogP contribution in [0.5, 0.6) is 0 Å². The highest BCUT2D eigenvalue weighted by molar-refractivity contribution is 6.17. The average molecular weight is 290 g/mol. The zero-order valence-corrected chi connectivity index (χ0v) is 11.3. The van der Waals surface area contributed by atoms with Crippen LogP contribution in [-0.4, -0.2) is 17.1 Å². The molecule has 5 heteroatoms. The van der Waals surface area contributed by atoms with E-state index in [1.807, 2.05) is 35.5 Å². The number of allylic oxidation sites excluding steroid dienone is 1. The van der Waals surface area contributed by atoms with E-state index in [-0.39, 0.29) is 12.1 Å². The monoisotopic (exact) mass is 289 g/mol. The standard InChI is InChI=1S/C15H12ClNO3/c16-10-19-15(18)20-12-6-8-17-7-5-11-3-1-2-4-13(11)14(17)9-12/h1-9,14H,10H2. The van der Waals surface area contributed by atoms with Crippen LogP contribution >= 0.6 is 11.6 Å². The van der Waals surface area contributed by atoms with E-state index in [0.717, 1.165) is 11.1 Å². The smallest absolute Gasteiger partial charge is 0.418 e. The molecule has 2 aliphatic heterocycles. The predicted octanol–water partition coefficient (Wildman–Crippen LogP) is 3.77. The fraction of sp³-hybridized carbons (Fsp3) is 0.133. The number of halogens is 1. The molecule has 4 nitrogen and oxygen atoms in total. The minimum atomic E-state index is -0.802. The van der Waals surface area contributed by atoms with Gasteiger partial charge in [-0.3, -0.25) is 0 Å². The van der Waals surface area contributed by atoms with Crippen LogP contribution in [0.15, 0.2) is 54.6 Å². The molecular weight excluding hydrogens is 278 g/mol. The lowest BCUT2D eigenvalue weighted by atomic mass is 9.94. The Balaban J connectivity index is 1.85. The Hall–Kier alpha value is -2.20. The summed E-state index contributed by atoms with van der Waals surface area (Å²) >= 11 is 5.31. The van der Waals surface area contributed by atoms with Crippen LogP contribution in [0.4, 0.5) is 4.79 Å². The van der Waals surface area contributed by atoms with Crippen molar-refractivity contribution in [1.29, 1.82) is 0 Å². The van der Waals surface area contributed by atoms with E-state index in [0.29, 0.717) is 5.76 Å². The van der Waals surface area contributed by atoms with Crippen LogP contribution in [0.2, 0.25) is 0 Å². The van der Waals surface area contributed by atoms with Crippen LogP contribution in [0, 0.1) is 0 Å². The van der Waals surface area contributed by atoms with Gasteiger partial charge in [-0.05, 0) is 29.4 Å². The Labute approximate surface area is 121 Å². The zero-order chi connectivity index (χ0) is 13.9. The van der Waals surface area contributed by atoms with Crippen LogP contribution < -0.4 is 0 Å². The Bertz CT molecular complexity index is 621. The molecule has 0 amide bonds. The molecule has 20 heavy (non-hydrogen) atoms. The van der Waals surface area contributed by atoms with Gasteiger partial charge in [0.2, 0.25) is 0 Å². The first-order valence-electron chi connectivity index (χ1n) is 6.13. The first kappa shape index (κ1) is 12.8. The second-order valence-corrected chi connectivity index (χ2v) is 4.55. The van der Waals surface area contributed by atoms with Gasteiger partial charge in [0.25, 0.3) is 0 Å². The van der Waals surface area contributed by atoms with E-state index in [2.05, 4.69) is 22.9 Å². The second kappa shape index (κ2) is 5.43. The molecule has 3 rings (SSSR count). The molecule has 1 aromatic carbocycles. The number of benzene rings is 1. The van der Waals surface area contributed by atoms with Gasteiger partial charge >= 0.3 is 6.16 Å². The van der Waals surface area contributed by atoms with Crippen LogP contribution in [0.25, 0.3) is 6.08 Å². The molecule has 102 valence electrons. The largest absolute Gasteiger partial charge is 0.515 e. The van der Waals surface area contributed by atoms with Gasteiger partial charge in [-0.15, -0.1) is 0 Å². The quantitative estimate of drug-likeness (QED) is 0.613. The van der Waals surface area contributed by atoms with Crippen LogP contribution in [-0.2, 0) is 9.47 Å². The third kappa shape index (κ3) is 2.42. The van der Waals surface area contributed by atoms with Crippen molar-refractivity contribution < 1.29 is 14.3 Å². The average Bonchev–Trinajstić information content (AvgIpc) is 2.47. The molecule has 0 bridgehead atoms. The van der Waals surface area contributed by atoms with Gasteiger partial charge in [0, 0.05) is 12.4 Å². The summed E-state index contributed by atoms with van der Waals surface area (Å²) in [4.78, 5) is 13.3. The zero-order valence-electron chi connectivity index (χ0n) is 10.5. The van der Waals surface area contributed by atoms with E-state index in [4.69, 9.17) is 16.3 Å². The highest BCUT2D eigenvalue weighted by atomic mass is 35.5. The lowest BCUT2D eigenvalue weighted by Crippen LogP contribution is -2.23. The Morgan fingerprint density at radius 1 is 1.25 bits per heavy atom. The molecule has 2 aliphatic rings. The Morgan fingerprint density at radius 2 is 2.05 bits per heavy atom. The first-order chi connectivity index (χ1) is 9.78. The van der Waals surface area contributed by atoms with Crippen molar-refractivity contribution in [3.8, 4) is 0 Å². The molecule has 0 fully saturated rings. The highest BCUT2D eigenvalue weighted by Gasteiger charge is 2.24. The molecular formula is C15H12ClNO3. The van der Waals surface area contributed by atoms with Gasteiger partial charge in [0.15, 0.2) is 6.07 Å². The Kier molecular flexibility index (Phi) is 3.48. The van der Waals surface area contributed by atoms with Gasteiger partial charge < -0.3 is 14.4 Å². The van der Waals surface area contributed by atoms with Crippen molar-refractivity contribution in [3.05, 3.63) is 65.7 Å². The number of fused-ring (bicyclic) bond motifs is 3. The summed E-state index contributed by atoms with van der Waals surface area (Å²) in [6, 6.07) is 7.89. The van der Waals surface area contributed by atoms with Gasteiger partial charge in [0.1, 0.15) is 5.76 Å². The third-order valence-electron chi connectivity index (χ3n) is 3.17. The normalized spacial score (nSPS) is 18.9. The van der Waals surface area contributed by atoms with Gasteiger partial charge in [0.05, 0.1) is 6.04 Å². The molecule has 0 saturated carbocycles. The maximum absolute atomic E-state index is 11.3. The fourth-order valence-corrected chi connectivity index (χ4v) is 2.37. The number of carbonyl (C=O) groups is 1. The molecule has 0 aliphatic carbocycles. The van der Waals surface area contributed by atoms with Crippen molar-refractivity contribution in [2.45, 2.75) is 6.04 Å². The van der Waals surface area contributed by atoms with E-state index in [9.17, 15) is 4.79 Å². The van der Waals surface area contributed by atoms with Crippen molar-refractivity contribution in [1.82, 2.24) is 4.90 Å². The summed E-state index contributed by atoms with van der Waals surface area (Å²) in [5.74, 6) is 0.450. The van der Waals surface area contributed by atoms with Gasteiger partial charge in [-0.2, -0.15) is 0 Å². The highest BCUT2D eigenvalue weighted by Crippen LogP contribution is 2.34. The lowest BCUT2D eigenvalue weighted by Gasteiger charge is -2.32. The summed E-state index contributed by atoms with van der Waals surface area (Å²) in [5, 5.41) is 0. The van der Waals surface area contributed by atoms with E-state index < -0.39 is 6.16 Å². The molecule has 0 N–H and O–H groups in total. The minimum Gasteiger partial charge on any atom is -0.418 e. The number of hydrogen-bond acceptors (Lipinski definition) is 4. The van der Waals surface area contributed by atoms with Crippen molar-refractivity contribution in [3.63, 3.8) is 0 Å². The number of ether oxygens (including phenoxy) is 2. The maximum atomic E-state index is 11.3. The number of rotatable bonds is 2. The number of alkyl halides is 1. The summed E-state index contributed by atoms with van der Waals surface area (Å²) in [6.45, 7) is 0. The molecule has 2 heterocycles. The van der Waals surface area contributed by atoms with E-state index in [1.165, 1.54) is 0 Å². The number of carbonyl (C=O) groups excluding carboxylic acids is 1. The fourth-order valence-electron chi connectivity index (χ4n) is 2.28. The van der Waals surface area contributed by atoms with Gasteiger partial charge in [-0.25, -0.2) is 4.79 Å². The molecule has 0 radical (unpaired) electrons. The van der Waals surface area contributed by atoms with Crippen LogP contribution in [0.3, 0.4) is 0 Å².